The first-order valence-electron chi connectivity index (χ1n) is 8.35. The molecule has 2 unspecified atom stereocenters. The minimum absolute atomic E-state index is 0.0759. The highest BCUT2D eigenvalue weighted by Gasteiger charge is 2.32. The average molecular weight is 317 g/mol. The van der Waals surface area contributed by atoms with Gasteiger partial charge in [-0.3, -0.25) is 14.5 Å². The summed E-state index contributed by atoms with van der Waals surface area (Å²) in [6.45, 7) is 6.20. The van der Waals surface area contributed by atoms with Crippen LogP contribution < -0.4 is 11.1 Å². The van der Waals surface area contributed by atoms with Crippen molar-refractivity contribution in [2.75, 3.05) is 19.6 Å². The van der Waals surface area contributed by atoms with Crippen molar-refractivity contribution in [3.63, 3.8) is 0 Å². The normalized spacial score (nSPS) is 20.2. The molecule has 5 heteroatoms. The monoisotopic (exact) mass is 317 g/mol. The second kappa shape index (κ2) is 8.11. The van der Waals surface area contributed by atoms with Gasteiger partial charge in [-0.05, 0) is 30.9 Å². The number of amides is 2. The zero-order valence-corrected chi connectivity index (χ0v) is 14.0. The lowest BCUT2D eigenvalue weighted by atomic mass is 9.93. The predicted molar refractivity (Wildman–Crippen MR) is 90.5 cm³/mol. The van der Waals surface area contributed by atoms with Crippen LogP contribution in [0.3, 0.4) is 0 Å². The Morgan fingerprint density at radius 2 is 2.00 bits per heavy atom. The molecule has 2 rings (SSSR count). The van der Waals surface area contributed by atoms with Crippen molar-refractivity contribution in [2.24, 2.45) is 17.6 Å². The summed E-state index contributed by atoms with van der Waals surface area (Å²) in [4.78, 5) is 26.3. The summed E-state index contributed by atoms with van der Waals surface area (Å²) >= 11 is 0. The Labute approximate surface area is 138 Å². The third kappa shape index (κ3) is 4.79. The molecule has 1 aliphatic heterocycles. The lowest BCUT2D eigenvalue weighted by Gasteiger charge is -2.36. The molecule has 1 fully saturated rings. The van der Waals surface area contributed by atoms with Crippen molar-refractivity contribution in [1.29, 1.82) is 0 Å². The number of hydrogen-bond acceptors (Lipinski definition) is 3. The van der Waals surface area contributed by atoms with Gasteiger partial charge in [0.1, 0.15) is 6.04 Å². The zero-order chi connectivity index (χ0) is 16.8. The van der Waals surface area contributed by atoms with Gasteiger partial charge in [0, 0.05) is 13.1 Å². The van der Waals surface area contributed by atoms with Crippen LogP contribution in [0.5, 0.6) is 0 Å². The molecule has 1 heterocycles. The van der Waals surface area contributed by atoms with Gasteiger partial charge in [-0.2, -0.15) is 0 Å². The van der Waals surface area contributed by atoms with Crippen LogP contribution in [0, 0.1) is 11.8 Å². The maximum Gasteiger partial charge on any atom is 0.239 e. The Morgan fingerprint density at radius 3 is 2.61 bits per heavy atom. The van der Waals surface area contributed by atoms with Crippen molar-refractivity contribution in [3.05, 3.63) is 35.9 Å². The summed E-state index contributed by atoms with van der Waals surface area (Å²) in [5.41, 5.74) is 6.53. The number of rotatable bonds is 6. The Morgan fingerprint density at radius 1 is 1.30 bits per heavy atom. The van der Waals surface area contributed by atoms with E-state index in [1.54, 1.807) is 0 Å². The third-order valence-electron chi connectivity index (χ3n) is 4.26. The first kappa shape index (κ1) is 17.5. The lowest BCUT2D eigenvalue weighted by Crippen LogP contribution is -2.47. The van der Waals surface area contributed by atoms with Gasteiger partial charge in [-0.15, -0.1) is 0 Å². The van der Waals surface area contributed by atoms with E-state index in [0.29, 0.717) is 19.0 Å². The van der Waals surface area contributed by atoms with E-state index in [4.69, 9.17) is 5.73 Å². The van der Waals surface area contributed by atoms with Crippen LogP contribution in [0.2, 0.25) is 0 Å². The molecule has 1 aliphatic rings. The first-order valence-corrected chi connectivity index (χ1v) is 8.35. The fourth-order valence-corrected chi connectivity index (χ4v) is 3.09. The maximum atomic E-state index is 12.3. The number of piperidine rings is 1. The Kier molecular flexibility index (Phi) is 6.16. The molecule has 0 spiro atoms. The van der Waals surface area contributed by atoms with Crippen LogP contribution >= 0.6 is 0 Å². The van der Waals surface area contributed by atoms with Gasteiger partial charge in [0.2, 0.25) is 11.8 Å². The van der Waals surface area contributed by atoms with E-state index in [9.17, 15) is 9.59 Å². The Balaban J connectivity index is 2.06. The number of nitrogens with two attached hydrogens (primary N) is 1. The van der Waals surface area contributed by atoms with E-state index in [1.165, 1.54) is 0 Å². The molecular weight excluding hydrogens is 290 g/mol. The molecule has 23 heavy (non-hydrogen) atoms. The van der Waals surface area contributed by atoms with Crippen LogP contribution in [0.25, 0.3) is 0 Å². The predicted octanol–water partition coefficient (Wildman–Crippen LogP) is 1.70. The Hall–Kier alpha value is -1.88. The smallest absolute Gasteiger partial charge is 0.239 e. The molecule has 3 N–H and O–H groups in total. The summed E-state index contributed by atoms with van der Waals surface area (Å²) < 4.78 is 0. The van der Waals surface area contributed by atoms with Crippen LogP contribution in [0.15, 0.2) is 30.3 Å². The van der Waals surface area contributed by atoms with Gasteiger partial charge < -0.3 is 11.1 Å². The van der Waals surface area contributed by atoms with E-state index in [1.807, 2.05) is 35.2 Å². The number of primary amides is 1. The highest BCUT2D eigenvalue weighted by Crippen LogP contribution is 2.27. The maximum absolute atomic E-state index is 12.3. The van der Waals surface area contributed by atoms with Crippen molar-refractivity contribution >= 4 is 11.8 Å². The molecule has 1 aromatic carbocycles. The molecule has 1 aromatic rings. The average Bonchev–Trinajstić information content (AvgIpc) is 2.53. The minimum atomic E-state index is -0.461. The first-order chi connectivity index (χ1) is 11.0. The highest BCUT2D eigenvalue weighted by atomic mass is 16.2. The molecule has 0 aliphatic carbocycles. The fourth-order valence-electron chi connectivity index (χ4n) is 3.09. The third-order valence-corrected chi connectivity index (χ3v) is 4.26. The second-order valence-corrected chi connectivity index (χ2v) is 6.69. The van der Waals surface area contributed by atoms with Gasteiger partial charge in [0.25, 0.3) is 0 Å². The van der Waals surface area contributed by atoms with Crippen molar-refractivity contribution in [3.8, 4) is 0 Å². The number of likely N-dealkylation sites (tertiary alicyclic amines) is 1. The summed E-state index contributed by atoms with van der Waals surface area (Å²) in [7, 11) is 0. The van der Waals surface area contributed by atoms with E-state index < -0.39 is 6.04 Å². The van der Waals surface area contributed by atoms with Gasteiger partial charge >= 0.3 is 0 Å². The van der Waals surface area contributed by atoms with Crippen molar-refractivity contribution in [2.45, 2.75) is 32.7 Å². The number of carbonyl (C=O) groups is 2. The molecule has 126 valence electrons. The van der Waals surface area contributed by atoms with Gasteiger partial charge in [0.15, 0.2) is 0 Å². The van der Waals surface area contributed by atoms with E-state index >= 15 is 0 Å². The summed E-state index contributed by atoms with van der Waals surface area (Å²) in [6, 6.07) is 9.09. The van der Waals surface area contributed by atoms with E-state index in [-0.39, 0.29) is 17.7 Å². The van der Waals surface area contributed by atoms with E-state index in [0.717, 1.165) is 24.9 Å². The molecule has 0 bridgehead atoms. The van der Waals surface area contributed by atoms with Crippen LogP contribution in [-0.4, -0.2) is 36.3 Å². The SMILES string of the molecule is CC(C)CNC(=O)C1CCCN(C(C(N)=O)c2ccccc2)C1. The fraction of sp³-hybridized carbons (Fsp3) is 0.556. The Bertz CT molecular complexity index is 530. The van der Waals surface area contributed by atoms with Gasteiger partial charge in [0.05, 0.1) is 5.92 Å². The number of nitrogens with zero attached hydrogens (tertiary/aromatic N) is 1. The number of nitrogens with one attached hydrogen (secondary N) is 1. The molecule has 2 amide bonds. The molecule has 0 saturated carbocycles. The van der Waals surface area contributed by atoms with E-state index in [2.05, 4.69) is 19.2 Å². The highest BCUT2D eigenvalue weighted by molar-refractivity contribution is 5.82. The summed E-state index contributed by atoms with van der Waals surface area (Å²) in [5, 5.41) is 3.00. The van der Waals surface area contributed by atoms with Crippen LogP contribution in [0.1, 0.15) is 38.3 Å². The standard InChI is InChI=1S/C18H27N3O2/c1-13(2)11-20-18(23)15-9-6-10-21(12-15)16(17(19)22)14-7-4-3-5-8-14/h3-5,7-8,13,15-16H,6,9-12H2,1-2H3,(H2,19,22)(H,20,23). The molecule has 1 saturated heterocycles. The number of hydrogen-bond donors (Lipinski definition) is 2. The molecule has 0 aromatic heterocycles. The summed E-state index contributed by atoms with van der Waals surface area (Å²) in [5.74, 6) is 0.0773. The summed E-state index contributed by atoms with van der Waals surface area (Å²) in [6.07, 6.45) is 1.76. The molecule has 5 nitrogen and oxygen atoms in total. The zero-order valence-electron chi connectivity index (χ0n) is 14.0. The molecule has 0 radical (unpaired) electrons. The molecular formula is C18H27N3O2. The quantitative estimate of drug-likeness (QED) is 0.838. The van der Waals surface area contributed by atoms with Crippen LogP contribution in [0.4, 0.5) is 0 Å². The minimum Gasteiger partial charge on any atom is -0.368 e. The number of benzene rings is 1. The lowest BCUT2D eigenvalue weighted by molar-refractivity contribution is -0.130. The van der Waals surface area contributed by atoms with Crippen molar-refractivity contribution in [1.82, 2.24) is 10.2 Å². The number of carbonyl (C=O) groups excluding carboxylic acids is 2. The largest absolute Gasteiger partial charge is 0.368 e. The topological polar surface area (TPSA) is 75.4 Å². The van der Waals surface area contributed by atoms with Crippen molar-refractivity contribution < 1.29 is 9.59 Å². The van der Waals surface area contributed by atoms with Gasteiger partial charge in [-0.1, -0.05) is 44.2 Å². The molecule has 2 atom stereocenters. The second-order valence-electron chi connectivity index (χ2n) is 6.69. The van der Waals surface area contributed by atoms with Crippen LogP contribution in [-0.2, 0) is 9.59 Å². The van der Waals surface area contributed by atoms with Gasteiger partial charge in [-0.25, -0.2) is 0 Å².